The first-order valence-electron chi connectivity index (χ1n) is 7.35. The third-order valence-corrected chi connectivity index (χ3v) is 3.55. The third kappa shape index (κ3) is 4.37. The summed E-state index contributed by atoms with van der Waals surface area (Å²) in [4.78, 5) is 29.7. The van der Waals surface area contributed by atoms with Crippen molar-refractivity contribution in [3.8, 4) is 11.4 Å². The van der Waals surface area contributed by atoms with Gasteiger partial charge in [0.05, 0.1) is 11.5 Å². The number of hydrogen-bond acceptors (Lipinski definition) is 3. The number of carbonyl (C=O) groups is 2. The second kappa shape index (κ2) is 6.96. The number of carboxylic acids is 1. The zero-order valence-corrected chi connectivity index (χ0v) is 13.4. The molecule has 1 aromatic heterocycles. The van der Waals surface area contributed by atoms with Crippen LogP contribution in [0.3, 0.4) is 0 Å². The van der Waals surface area contributed by atoms with Gasteiger partial charge in [-0.25, -0.2) is 4.98 Å². The van der Waals surface area contributed by atoms with Gasteiger partial charge >= 0.3 is 12.1 Å². The van der Waals surface area contributed by atoms with Crippen molar-refractivity contribution in [2.75, 3.05) is 6.54 Å². The molecule has 0 saturated carbocycles. The van der Waals surface area contributed by atoms with Crippen LogP contribution in [0.2, 0.25) is 0 Å². The van der Waals surface area contributed by atoms with Crippen molar-refractivity contribution in [1.29, 1.82) is 0 Å². The summed E-state index contributed by atoms with van der Waals surface area (Å²) >= 11 is 0. The molecule has 0 aliphatic carbocycles. The van der Waals surface area contributed by atoms with Gasteiger partial charge in [-0.3, -0.25) is 9.59 Å². The van der Waals surface area contributed by atoms with Gasteiger partial charge in [-0.05, 0) is 19.1 Å². The lowest BCUT2D eigenvalue weighted by Gasteiger charge is -2.07. The van der Waals surface area contributed by atoms with Crippen LogP contribution in [0.15, 0.2) is 24.3 Å². The summed E-state index contributed by atoms with van der Waals surface area (Å²) < 4.78 is 38.4. The van der Waals surface area contributed by atoms with Crippen LogP contribution < -0.4 is 5.32 Å². The number of nitrogens with one attached hydrogen (secondary N) is 2. The number of carboxylic acid groups (broad SMARTS) is 1. The number of H-pyrrole nitrogens is 1. The van der Waals surface area contributed by atoms with E-state index in [0.717, 1.165) is 12.1 Å². The predicted octanol–water partition coefficient (Wildman–Crippen LogP) is 2.85. The van der Waals surface area contributed by atoms with Crippen LogP contribution in [0, 0.1) is 12.8 Å². The molecule has 0 radical (unpaired) electrons. The van der Waals surface area contributed by atoms with E-state index in [4.69, 9.17) is 5.11 Å². The molecule has 0 bridgehead atoms. The summed E-state index contributed by atoms with van der Waals surface area (Å²) in [5, 5.41) is 11.2. The highest BCUT2D eigenvalue weighted by Gasteiger charge is 2.30. The molecular formula is C16H16F3N3O3. The van der Waals surface area contributed by atoms with Gasteiger partial charge in [0.15, 0.2) is 0 Å². The number of alkyl halides is 3. The molecule has 0 saturated heterocycles. The first kappa shape index (κ1) is 18.5. The molecule has 6 nitrogen and oxygen atoms in total. The van der Waals surface area contributed by atoms with Gasteiger partial charge in [0.1, 0.15) is 11.5 Å². The van der Waals surface area contributed by atoms with Crippen molar-refractivity contribution in [1.82, 2.24) is 15.3 Å². The lowest BCUT2D eigenvalue weighted by atomic mass is 10.1. The molecule has 0 aliphatic heterocycles. The van der Waals surface area contributed by atoms with Crippen molar-refractivity contribution in [2.45, 2.75) is 20.0 Å². The summed E-state index contributed by atoms with van der Waals surface area (Å²) in [5.74, 6) is -2.30. The molecule has 1 heterocycles. The molecule has 3 N–H and O–H groups in total. The highest BCUT2D eigenvalue weighted by atomic mass is 19.4. The van der Waals surface area contributed by atoms with E-state index in [1.807, 2.05) is 0 Å². The number of aliphatic carboxylic acids is 1. The van der Waals surface area contributed by atoms with Crippen LogP contribution in [0.1, 0.15) is 28.7 Å². The highest BCUT2D eigenvalue weighted by Crippen LogP contribution is 2.31. The number of amides is 1. The number of aromatic amines is 1. The van der Waals surface area contributed by atoms with E-state index in [9.17, 15) is 22.8 Å². The Bertz CT molecular complexity index is 799. The van der Waals surface area contributed by atoms with E-state index in [1.54, 1.807) is 6.92 Å². The average Bonchev–Trinajstić information content (AvgIpc) is 2.93. The van der Waals surface area contributed by atoms with Gasteiger partial charge in [0, 0.05) is 17.8 Å². The Labute approximate surface area is 141 Å². The number of imidazole rings is 1. The maximum Gasteiger partial charge on any atom is 0.416 e. The Morgan fingerprint density at radius 2 is 2.04 bits per heavy atom. The van der Waals surface area contributed by atoms with E-state index >= 15 is 0 Å². The van der Waals surface area contributed by atoms with Gasteiger partial charge in [-0.1, -0.05) is 19.1 Å². The molecule has 2 aromatic rings. The number of carbonyl (C=O) groups excluding carboxylic acids is 1. The first-order chi connectivity index (χ1) is 11.6. The van der Waals surface area contributed by atoms with Gasteiger partial charge in [-0.15, -0.1) is 0 Å². The van der Waals surface area contributed by atoms with E-state index in [1.165, 1.54) is 19.1 Å². The lowest BCUT2D eigenvalue weighted by molar-refractivity contribution is -0.141. The molecule has 2 rings (SSSR count). The standard InChI is InChI=1S/C16H16F3N3O3/c1-8(15(24)25)7-20-14(23)12-9(2)21-13(22-12)10-4-3-5-11(6-10)16(17,18)19/h3-6,8H,7H2,1-2H3,(H,20,23)(H,21,22)(H,24,25). The fraction of sp³-hybridized carbons (Fsp3) is 0.312. The third-order valence-electron chi connectivity index (χ3n) is 3.55. The Balaban J connectivity index is 2.23. The average molecular weight is 355 g/mol. The van der Waals surface area contributed by atoms with Gasteiger partial charge in [-0.2, -0.15) is 13.2 Å². The number of aryl methyl sites for hydroxylation is 1. The van der Waals surface area contributed by atoms with Crippen molar-refractivity contribution >= 4 is 11.9 Å². The summed E-state index contributed by atoms with van der Waals surface area (Å²) in [6.45, 7) is 2.91. The fourth-order valence-corrected chi connectivity index (χ4v) is 2.08. The fourth-order valence-electron chi connectivity index (χ4n) is 2.08. The van der Waals surface area contributed by atoms with E-state index in [0.29, 0.717) is 5.69 Å². The lowest BCUT2D eigenvalue weighted by Crippen LogP contribution is -2.32. The predicted molar refractivity (Wildman–Crippen MR) is 82.9 cm³/mol. The Morgan fingerprint density at radius 1 is 1.36 bits per heavy atom. The van der Waals surface area contributed by atoms with Crippen LogP contribution in [0.4, 0.5) is 13.2 Å². The molecule has 9 heteroatoms. The maximum absolute atomic E-state index is 12.8. The minimum Gasteiger partial charge on any atom is -0.481 e. The van der Waals surface area contributed by atoms with Crippen LogP contribution >= 0.6 is 0 Å². The van der Waals surface area contributed by atoms with Gasteiger partial charge < -0.3 is 15.4 Å². The number of nitrogens with zero attached hydrogens (tertiary/aromatic N) is 1. The highest BCUT2D eigenvalue weighted by molar-refractivity contribution is 5.94. The number of hydrogen-bond donors (Lipinski definition) is 3. The number of rotatable bonds is 5. The quantitative estimate of drug-likeness (QED) is 0.769. The van der Waals surface area contributed by atoms with E-state index in [-0.39, 0.29) is 23.6 Å². The zero-order valence-electron chi connectivity index (χ0n) is 13.4. The molecule has 0 spiro atoms. The maximum atomic E-state index is 12.8. The van der Waals surface area contributed by atoms with Crippen LogP contribution in [-0.4, -0.2) is 33.5 Å². The number of benzene rings is 1. The van der Waals surface area contributed by atoms with Crippen LogP contribution in [-0.2, 0) is 11.0 Å². The number of aromatic nitrogens is 2. The molecule has 1 unspecified atom stereocenters. The molecule has 134 valence electrons. The molecule has 25 heavy (non-hydrogen) atoms. The topological polar surface area (TPSA) is 95.1 Å². The summed E-state index contributed by atoms with van der Waals surface area (Å²) in [5.41, 5.74) is -0.255. The van der Waals surface area contributed by atoms with E-state index in [2.05, 4.69) is 15.3 Å². The Hall–Kier alpha value is -2.84. The summed E-state index contributed by atoms with van der Waals surface area (Å²) in [6.07, 6.45) is -4.48. The largest absolute Gasteiger partial charge is 0.481 e. The normalized spacial score (nSPS) is 12.7. The second-order valence-corrected chi connectivity index (χ2v) is 5.59. The SMILES string of the molecule is Cc1[nH]c(-c2cccc(C(F)(F)F)c2)nc1C(=O)NCC(C)C(=O)O. The van der Waals surface area contributed by atoms with Crippen LogP contribution in [0.5, 0.6) is 0 Å². The minimum atomic E-state index is -4.48. The monoisotopic (exact) mass is 355 g/mol. The smallest absolute Gasteiger partial charge is 0.416 e. The Kier molecular flexibility index (Phi) is 5.15. The van der Waals surface area contributed by atoms with Crippen molar-refractivity contribution in [3.63, 3.8) is 0 Å². The minimum absolute atomic E-state index is 0.00463. The summed E-state index contributed by atoms with van der Waals surface area (Å²) in [6, 6.07) is 4.58. The summed E-state index contributed by atoms with van der Waals surface area (Å²) in [7, 11) is 0. The van der Waals surface area contributed by atoms with Crippen molar-refractivity contribution < 1.29 is 27.9 Å². The molecule has 0 fully saturated rings. The first-order valence-corrected chi connectivity index (χ1v) is 7.35. The molecular weight excluding hydrogens is 339 g/mol. The molecule has 1 amide bonds. The van der Waals surface area contributed by atoms with Crippen LogP contribution in [0.25, 0.3) is 11.4 Å². The van der Waals surface area contributed by atoms with Gasteiger partial charge in [0.25, 0.3) is 5.91 Å². The van der Waals surface area contributed by atoms with Crippen molar-refractivity contribution in [2.24, 2.45) is 5.92 Å². The second-order valence-electron chi connectivity index (χ2n) is 5.59. The zero-order chi connectivity index (χ0) is 18.8. The molecule has 1 atom stereocenters. The molecule has 0 aliphatic rings. The molecule has 1 aromatic carbocycles. The van der Waals surface area contributed by atoms with E-state index < -0.39 is 29.5 Å². The van der Waals surface area contributed by atoms with Gasteiger partial charge in [0.2, 0.25) is 0 Å². The number of halogens is 3. The Morgan fingerprint density at radius 3 is 2.64 bits per heavy atom. The van der Waals surface area contributed by atoms with Crippen molar-refractivity contribution in [3.05, 3.63) is 41.2 Å².